The molecule has 4 N–H and O–H groups in total. The van der Waals surface area contributed by atoms with Gasteiger partial charge in [0.05, 0.1) is 27.3 Å². The number of hydrogen-bond donors (Lipinski definition) is 2. The molecule has 0 bridgehead atoms. The molecule has 0 heterocycles. The first kappa shape index (κ1) is 20.5. The van der Waals surface area contributed by atoms with Crippen LogP contribution in [0, 0.1) is 0 Å². The Balaban J connectivity index is -0.000000153. The molecule has 88 valence electrons. The van der Waals surface area contributed by atoms with Gasteiger partial charge >= 0.3 is 46.5 Å². The summed E-state index contributed by atoms with van der Waals surface area (Å²) in [6, 6.07) is 0. The Morgan fingerprint density at radius 3 is 1.27 bits per heavy atom. The van der Waals surface area contributed by atoms with Crippen LogP contribution in [0.25, 0.3) is 0 Å². The third-order valence-electron chi connectivity index (χ3n) is 0.789. The van der Waals surface area contributed by atoms with Crippen molar-refractivity contribution in [2.75, 3.05) is 27.3 Å². The third kappa shape index (κ3) is 31.5. The summed E-state index contributed by atoms with van der Waals surface area (Å²) in [6.45, 7) is -0.0625. The number of methoxy groups -OCH3 is 2. The van der Waals surface area contributed by atoms with Crippen molar-refractivity contribution in [3.63, 3.8) is 0 Å². The predicted molar refractivity (Wildman–Crippen MR) is 53.8 cm³/mol. The Bertz CT molecular complexity index is 134. The topological polar surface area (TPSA) is 105 Å². The molecule has 0 aromatic heterocycles. The summed E-state index contributed by atoms with van der Waals surface area (Å²) in [5, 5.41) is 0. The van der Waals surface area contributed by atoms with E-state index >= 15 is 0 Å². The van der Waals surface area contributed by atoms with Gasteiger partial charge in [-0.3, -0.25) is 9.59 Å². The SMILES string of the molecule is COC(=O)CN.COC(=O)CN.[Cl][Zn][Cl]. The van der Waals surface area contributed by atoms with E-state index in [9.17, 15) is 9.59 Å². The molecule has 0 aromatic rings. The molecule has 0 aromatic carbocycles. The Hall–Kier alpha value is 0.0634. The number of halogens is 2. The van der Waals surface area contributed by atoms with Crippen molar-refractivity contribution in [3.8, 4) is 0 Å². The molecule has 0 saturated heterocycles. The summed E-state index contributed by atoms with van der Waals surface area (Å²) in [4.78, 5) is 19.7. The summed E-state index contributed by atoms with van der Waals surface area (Å²) >= 11 is -0.931. The number of hydrogen-bond acceptors (Lipinski definition) is 6. The average Bonchev–Trinajstić information content (AvgIpc) is 2.28. The Morgan fingerprint density at radius 1 is 1.07 bits per heavy atom. The fourth-order valence-corrected chi connectivity index (χ4v) is 0.167. The van der Waals surface area contributed by atoms with E-state index in [0.29, 0.717) is 0 Å². The van der Waals surface area contributed by atoms with Crippen LogP contribution in [0.4, 0.5) is 0 Å². The summed E-state index contributed by atoms with van der Waals surface area (Å²) in [6.07, 6.45) is 0. The zero-order chi connectivity index (χ0) is 12.7. The number of esters is 2. The summed E-state index contributed by atoms with van der Waals surface area (Å²) in [7, 11) is 12.5. The maximum atomic E-state index is 9.83. The molecular formula is C6H14Cl2N2O4Zn. The molecule has 0 atom stereocenters. The van der Waals surface area contributed by atoms with Crippen LogP contribution in [0.1, 0.15) is 0 Å². The first-order valence-corrected chi connectivity index (χ1v) is 11.5. The number of rotatable bonds is 2. The minimum atomic E-state index is -0.931. The van der Waals surface area contributed by atoms with Gasteiger partial charge in [-0.1, -0.05) is 0 Å². The summed E-state index contributed by atoms with van der Waals surface area (Å²) < 4.78 is 8.27. The van der Waals surface area contributed by atoms with E-state index in [-0.39, 0.29) is 25.0 Å². The van der Waals surface area contributed by atoms with Crippen LogP contribution in [0.5, 0.6) is 0 Å². The molecule has 0 unspecified atom stereocenters. The molecule has 0 aliphatic rings. The zero-order valence-corrected chi connectivity index (χ0v) is 13.1. The van der Waals surface area contributed by atoms with Crippen molar-refractivity contribution in [2.45, 2.75) is 0 Å². The molecule has 0 rings (SSSR count). The quantitative estimate of drug-likeness (QED) is 0.531. The third-order valence-corrected chi connectivity index (χ3v) is 0.789. The molecule has 0 spiro atoms. The number of carbonyl (C=O) groups is 2. The second kappa shape index (κ2) is 19.6. The van der Waals surface area contributed by atoms with Crippen LogP contribution < -0.4 is 11.5 Å². The first-order chi connectivity index (χ1) is 7.03. The van der Waals surface area contributed by atoms with Gasteiger partial charge in [0.1, 0.15) is 0 Å². The van der Waals surface area contributed by atoms with Crippen LogP contribution in [-0.2, 0) is 34.2 Å². The standard InChI is InChI=1S/2C3H7NO2.2ClH.Zn/c2*1-6-3(5)2-4;;;/h2*2,4H2,1H3;2*1H;/q;;;;+2/p-2. The van der Waals surface area contributed by atoms with Gasteiger partial charge in [-0.05, 0) is 0 Å². The fourth-order valence-electron chi connectivity index (χ4n) is 0.167. The molecule has 0 saturated carbocycles. The van der Waals surface area contributed by atoms with Crippen LogP contribution in [0.15, 0.2) is 0 Å². The second-order valence-electron chi connectivity index (χ2n) is 1.66. The molecule has 6 nitrogen and oxygen atoms in total. The maximum absolute atomic E-state index is 9.83. The van der Waals surface area contributed by atoms with Crippen LogP contribution in [0.2, 0.25) is 0 Å². The molecule has 0 amide bonds. The number of carbonyl (C=O) groups excluding carboxylic acids is 2. The second-order valence-corrected chi connectivity index (χ2v) is 6.28. The molecular weight excluding hydrogens is 300 g/mol. The van der Waals surface area contributed by atoms with E-state index in [1.165, 1.54) is 14.2 Å². The zero-order valence-electron chi connectivity index (χ0n) is 8.66. The van der Waals surface area contributed by atoms with E-state index in [2.05, 4.69) is 9.47 Å². The molecule has 0 radical (unpaired) electrons. The Labute approximate surface area is 104 Å². The van der Waals surface area contributed by atoms with Crippen molar-refractivity contribution in [1.82, 2.24) is 0 Å². The number of ether oxygens (including phenoxy) is 2. The van der Waals surface area contributed by atoms with Crippen molar-refractivity contribution < 1.29 is 34.2 Å². The average molecular weight is 314 g/mol. The van der Waals surface area contributed by atoms with Crippen molar-refractivity contribution >= 4 is 31.3 Å². The molecule has 0 fully saturated rings. The summed E-state index contributed by atoms with van der Waals surface area (Å²) in [5.74, 6) is -0.759. The van der Waals surface area contributed by atoms with Crippen molar-refractivity contribution in [1.29, 1.82) is 0 Å². The monoisotopic (exact) mass is 312 g/mol. The van der Waals surface area contributed by atoms with Gasteiger partial charge in [-0.15, -0.1) is 0 Å². The summed E-state index contributed by atoms with van der Waals surface area (Å²) in [5.41, 5.74) is 9.62. The van der Waals surface area contributed by atoms with E-state index in [1.54, 1.807) is 0 Å². The van der Waals surface area contributed by atoms with E-state index < -0.39 is 15.1 Å². The fraction of sp³-hybridized carbons (Fsp3) is 0.667. The van der Waals surface area contributed by atoms with Crippen LogP contribution >= 0.6 is 19.4 Å². The van der Waals surface area contributed by atoms with Gasteiger partial charge in [0.2, 0.25) is 0 Å². The van der Waals surface area contributed by atoms with E-state index in [4.69, 9.17) is 30.8 Å². The van der Waals surface area contributed by atoms with E-state index in [0.717, 1.165) is 0 Å². The number of nitrogens with two attached hydrogens (primary N) is 2. The molecule has 0 aliphatic carbocycles. The molecule has 0 aliphatic heterocycles. The first-order valence-electron chi connectivity index (χ1n) is 3.69. The predicted octanol–water partition coefficient (Wildman–Crippen LogP) is -0.387. The molecule has 9 heteroatoms. The van der Waals surface area contributed by atoms with Crippen molar-refractivity contribution in [2.24, 2.45) is 11.5 Å². The van der Waals surface area contributed by atoms with E-state index in [1.807, 2.05) is 0 Å². The van der Waals surface area contributed by atoms with Gasteiger partial charge in [-0.2, -0.15) is 0 Å². The van der Waals surface area contributed by atoms with Gasteiger partial charge in [-0.25, -0.2) is 0 Å². The minimum absolute atomic E-state index is 0.0312. The normalized spacial score (nSPS) is 6.80. The van der Waals surface area contributed by atoms with Gasteiger partial charge in [0, 0.05) is 0 Å². The van der Waals surface area contributed by atoms with Crippen molar-refractivity contribution in [3.05, 3.63) is 0 Å². The van der Waals surface area contributed by atoms with Gasteiger partial charge < -0.3 is 20.9 Å². The van der Waals surface area contributed by atoms with Gasteiger partial charge in [0.15, 0.2) is 0 Å². The van der Waals surface area contributed by atoms with Crippen LogP contribution in [0.3, 0.4) is 0 Å². The van der Waals surface area contributed by atoms with Gasteiger partial charge in [0.25, 0.3) is 0 Å². The van der Waals surface area contributed by atoms with Crippen LogP contribution in [-0.4, -0.2) is 39.2 Å². The Kier molecular flexibility index (Phi) is 26.8. The molecule has 15 heavy (non-hydrogen) atoms. The Morgan fingerprint density at radius 2 is 1.27 bits per heavy atom.